The highest BCUT2D eigenvalue weighted by Gasteiger charge is 2.37. The molecule has 1 saturated heterocycles. The number of esters is 1. The van der Waals surface area contributed by atoms with Gasteiger partial charge in [-0.3, -0.25) is 19.1 Å². The summed E-state index contributed by atoms with van der Waals surface area (Å²) in [5.74, 6) is -1.83. The van der Waals surface area contributed by atoms with Crippen molar-refractivity contribution in [3.63, 3.8) is 0 Å². The van der Waals surface area contributed by atoms with Crippen molar-refractivity contribution in [2.45, 2.75) is 44.2 Å². The van der Waals surface area contributed by atoms with E-state index >= 15 is 0 Å². The second-order valence-corrected chi connectivity index (χ2v) is 5.90. The zero-order chi connectivity index (χ0) is 17.4. The minimum atomic E-state index is -1.19. The Labute approximate surface area is 129 Å². The molecule has 0 aliphatic carbocycles. The lowest BCUT2D eigenvalue weighted by Crippen LogP contribution is -2.44. The minimum absolute atomic E-state index is 0.0281. The summed E-state index contributed by atoms with van der Waals surface area (Å²) in [6, 6.07) is 0. The lowest BCUT2D eigenvalue weighted by Gasteiger charge is -2.20. The van der Waals surface area contributed by atoms with E-state index in [9.17, 15) is 23.9 Å². The van der Waals surface area contributed by atoms with Gasteiger partial charge in [0.1, 0.15) is 24.5 Å². The van der Waals surface area contributed by atoms with Gasteiger partial charge in [0, 0.05) is 6.42 Å². The largest absolute Gasteiger partial charge is 0.461 e. The predicted molar refractivity (Wildman–Crippen MR) is 75.0 cm³/mol. The Morgan fingerprint density at radius 1 is 1.61 bits per heavy atom. The third kappa shape index (κ3) is 3.84. The third-order valence-corrected chi connectivity index (χ3v) is 3.34. The fraction of sp³-hybridized carbons (Fsp3) is 0.615. The van der Waals surface area contributed by atoms with Gasteiger partial charge >= 0.3 is 11.7 Å². The van der Waals surface area contributed by atoms with Crippen LogP contribution in [0.5, 0.6) is 0 Å². The number of nitrogens with one attached hydrogen (secondary N) is 1. The smallest absolute Gasteiger partial charge is 0.330 e. The molecule has 1 aromatic heterocycles. The topological polar surface area (TPSA) is 137 Å². The number of rotatable bonds is 4. The molecule has 0 spiro atoms. The maximum atomic E-state index is 13.3. The Balaban J connectivity index is 2.07. The minimum Gasteiger partial charge on any atom is -0.461 e. The number of aromatic amines is 1. The zero-order valence-corrected chi connectivity index (χ0v) is 12.6. The first-order chi connectivity index (χ1) is 10.6. The quantitative estimate of drug-likeness (QED) is 0.577. The van der Waals surface area contributed by atoms with E-state index in [-0.39, 0.29) is 13.0 Å². The number of carbonyl (C=O) groups is 1. The van der Waals surface area contributed by atoms with E-state index in [0.29, 0.717) is 6.20 Å². The predicted octanol–water partition coefficient (Wildman–Crippen LogP) is -1.40. The molecule has 10 heteroatoms. The van der Waals surface area contributed by atoms with E-state index in [1.54, 1.807) is 4.98 Å². The number of halogens is 1. The molecule has 1 fully saturated rings. The van der Waals surface area contributed by atoms with Crippen LogP contribution in [0.1, 0.15) is 26.5 Å². The highest BCUT2D eigenvalue weighted by atomic mass is 19.1. The number of nitrogens with zero attached hydrogens (tertiary/aromatic N) is 1. The molecule has 128 valence electrons. The highest BCUT2D eigenvalue weighted by Crippen LogP contribution is 2.27. The van der Waals surface area contributed by atoms with Crippen molar-refractivity contribution < 1.29 is 23.8 Å². The molecular weight excluding hydrogens is 313 g/mol. The maximum Gasteiger partial charge on any atom is 0.330 e. The van der Waals surface area contributed by atoms with Crippen molar-refractivity contribution in [1.29, 1.82) is 0 Å². The number of aliphatic hydroxyl groups excluding tert-OH is 1. The van der Waals surface area contributed by atoms with Crippen LogP contribution in [0.4, 0.5) is 4.39 Å². The third-order valence-electron chi connectivity index (χ3n) is 3.34. The number of nitrogens with two attached hydrogens (primary N) is 1. The van der Waals surface area contributed by atoms with Crippen LogP contribution in [0.25, 0.3) is 0 Å². The molecule has 0 amide bonds. The number of aromatic nitrogens is 2. The second kappa shape index (κ2) is 6.22. The van der Waals surface area contributed by atoms with Crippen LogP contribution in [0.15, 0.2) is 15.8 Å². The molecule has 1 aliphatic heterocycles. The van der Waals surface area contributed by atoms with Gasteiger partial charge in [0.15, 0.2) is 0 Å². The average molecular weight is 331 g/mol. The normalized spacial score (nSPS) is 24.7. The van der Waals surface area contributed by atoms with E-state index in [2.05, 4.69) is 0 Å². The van der Waals surface area contributed by atoms with Crippen molar-refractivity contribution in [2.75, 3.05) is 6.61 Å². The summed E-state index contributed by atoms with van der Waals surface area (Å²) < 4.78 is 24.5. The van der Waals surface area contributed by atoms with E-state index in [0.717, 1.165) is 4.57 Å². The molecular formula is C13H18FN3O6. The van der Waals surface area contributed by atoms with Gasteiger partial charge in [0.2, 0.25) is 5.82 Å². The number of hydrogen-bond acceptors (Lipinski definition) is 7. The monoisotopic (exact) mass is 331 g/mol. The molecule has 0 radical (unpaired) electrons. The van der Waals surface area contributed by atoms with Crippen LogP contribution in [-0.4, -0.2) is 45.0 Å². The number of H-pyrrole nitrogens is 1. The van der Waals surface area contributed by atoms with E-state index in [1.165, 1.54) is 13.8 Å². The summed E-state index contributed by atoms with van der Waals surface area (Å²) in [5, 5.41) is 9.92. The fourth-order valence-electron chi connectivity index (χ4n) is 2.05. The van der Waals surface area contributed by atoms with Gasteiger partial charge in [-0.15, -0.1) is 0 Å². The Morgan fingerprint density at radius 2 is 2.26 bits per heavy atom. The van der Waals surface area contributed by atoms with Crippen LogP contribution >= 0.6 is 0 Å². The Hall–Kier alpha value is -2.04. The average Bonchev–Trinajstić information content (AvgIpc) is 2.80. The first-order valence-electron chi connectivity index (χ1n) is 6.90. The summed E-state index contributed by atoms with van der Waals surface area (Å²) in [4.78, 5) is 36.1. The van der Waals surface area contributed by atoms with Gasteiger partial charge in [-0.1, -0.05) is 0 Å². The number of carbonyl (C=O) groups excluding carboxylic acids is 1. The van der Waals surface area contributed by atoms with Gasteiger partial charge in [-0.2, -0.15) is 4.39 Å². The van der Waals surface area contributed by atoms with E-state index < -0.39 is 47.0 Å². The van der Waals surface area contributed by atoms with Crippen molar-refractivity contribution in [3.05, 3.63) is 32.9 Å². The molecule has 4 N–H and O–H groups in total. The molecule has 1 aromatic rings. The highest BCUT2D eigenvalue weighted by molar-refractivity contribution is 5.79. The van der Waals surface area contributed by atoms with E-state index in [1.807, 2.05) is 0 Å². The van der Waals surface area contributed by atoms with Crippen molar-refractivity contribution in [2.24, 2.45) is 5.73 Å². The molecule has 9 nitrogen and oxygen atoms in total. The molecule has 0 aromatic carbocycles. The van der Waals surface area contributed by atoms with Crippen LogP contribution in [-0.2, 0) is 14.3 Å². The van der Waals surface area contributed by atoms with Crippen LogP contribution in [0.3, 0.4) is 0 Å². The van der Waals surface area contributed by atoms with Crippen LogP contribution < -0.4 is 17.0 Å². The van der Waals surface area contributed by atoms with Crippen LogP contribution in [0.2, 0.25) is 0 Å². The Bertz CT molecular complexity index is 707. The standard InChI is InChI=1S/C13H18FN3O6/c1-13(2,15)11(20)22-5-8-7(18)3-9(23-8)17-4-6(14)10(19)16-12(17)21/h4,7-9,18H,3,5,15H2,1-2H3,(H,16,19,21)/t7-,8+,9+/m0/s1. The second-order valence-electron chi connectivity index (χ2n) is 5.90. The van der Waals surface area contributed by atoms with Gasteiger partial charge in [-0.05, 0) is 13.8 Å². The molecule has 2 heterocycles. The molecule has 3 atom stereocenters. The zero-order valence-electron chi connectivity index (χ0n) is 12.6. The molecule has 1 aliphatic rings. The van der Waals surface area contributed by atoms with Gasteiger partial charge in [0.05, 0.1) is 12.3 Å². The number of aliphatic hydroxyl groups is 1. The van der Waals surface area contributed by atoms with Crippen LogP contribution in [0, 0.1) is 5.82 Å². The molecule has 0 saturated carbocycles. The fourth-order valence-corrected chi connectivity index (χ4v) is 2.05. The molecule has 23 heavy (non-hydrogen) atoms. The maximum absolute atomic E-state index is 13.3. The molecule has 0 unspecified atom stereocenters. The van der Waals surface area contributed by atoms with Crippen molar-refractivity contribution in [3.8, 4) is 0 Å². The number of hydrogen-bond donors (Lipinski definition) is 3. The summed E-state index contributed by atoms with van der Waals surface area (Å²) in [7, 11) is 0. The molecule has 0 bridgehead atoms. The number of ether oxygens (including phenoxy) is 2. The van der Waals surface area contributed by atoms with Gasteiger partial charge < -0.3 is 20.3 Å². The van der Waals surface area contributed by atoms with Crippen molar-refractivity contribution in [1.82, 2.24) is 9.55 Å². The SMILES string of the molecule is CC(C)(N)C(=O)OC[C@H]1O[C@@H](n2cc(F)c(=O)[nH]c2=O)C[C@@H]1O. The van der Waals surface area contributed by atoms with Gasteiger partial charge in [0.25, 0.3) is 5.56 Å². The first-order valence-corrected chi connectivity index (χ1v) is 6.90. The lowest BCUT2D eigenvalue weighted by molar-refractivity contribution is -0.155. The summed E-state index contributed by atoms with van der Waals surface area (Å²) in [5.41, 5.74) is 2.37. The Morgan fingerprint density at radius 3 is 2.87 bits per heavy atom. The summed E-state index contributed by atoms with van der Waals surface area (Å²) in [6.45, 7) is 2.66. The summed E-state index contributed by atoms with van der Waals surface area (Å²) >= 11 is 0. The first kappa shape index (κ1) is 17.3. The Kier molecular flexibility index (Phi) is 4.68. The lowest BCUT2D eigenvalue weighted by atomic mass is 10.1. The van der Waals surface area contributed by atoms with E-state index in [4.69, 9.17) is 15.2 Å². The van der Waals surface area contributed by atoms with Gasteiger partial charge in [-0.25, -0.2) is 4.79 Å². The van der Waals surface area contributed by atoms with Crippen molar-refractivity contribution >= 4 is 5.97 Å². The molecule has 2 rings (SSSR count). The summed E-state index contributed by atoms with van der Waals surface area (Å²) in [6.07, 6.45) is -2.24.